The Morgan fingerprint density at radius 3 is 2.82 bits per heavy atom. The van der Waals surface area contributed by atoms with Crippen LogP contribution in [0.4, 0.5) is 0 Å². The van der Waals surface area contributed by atoms with Crippen LogP contribution in [0.5, 0.6) is 11.5 Å². The number of rotatable bonds is 4. The van der Waals surface area contributed by atoms with Gasteiger partial charge in [0.15, 0.2) is 16.5 Å². The number of ether oxygens (including phenoxy) is 2. The molecule has 0 atom stereocenters. The van der Waals surface area contributed by atoms with E-state index < -0.39 is 0 Å². The van der Waals surface area contributed by atoms with Crippen molar-refractivity contribution in [3.8, 4) is 11.5 Å². The summed E-state index contributed by atoms with van der Waals surface area (Å²) < 4.78 is 12.8. The van der Waals surface area contributed by atoms with E-state index in [1.54, 1.807) is 35.6 Å². The fourth-order valence-electron chi connectivity index (χ4n) is 3.03. The van der Waals surface area contributed by atoms with Gasteiger partial charge in [-0.15, -0.1) is 0 Å². The van der Waals surface area contributed by atoms with E-state index in [-0.39, 0.29) is 17.9 Å². The molecule has 7 heteroatoms. The van der Waals surface area contributed by atoms with E-state index in [2.05, 4.69) is 4.98 Å². The molecule has 0 saturated carbocycles. The number of thiazole rings is 1. The minimum absolute atomic E-state index is 0.103. The molecule has 2 aromatic heterocycles. The molecule has 0 radical (unpaired) electrons. The normalized spacial score (nSPS) is 12.0. The van der Waals surface area contributed by atoms with Crippen molar-refractivity contribution in [1.29, 1.82) is 0 Å². The highest BCUT2D eigenvalue weighted by Crippen LogP contribution is 2.28. The number of aromatic nitrogens is 2. The summed E-state index contributed by atoms with van der Waals surface area (Å²) in [5.74, 6) is 0.459. The zero-order chi connectivity index (χ0) is 19.8. The second-order valence-corrected chi connectivity index (χ2v) is 7.34. The first-order valence-corrected chi connectivity index (χ1v) is 9.64. The summed E-state index contributed by atoms with van der Waals surface area (Å²) in [6.07, 6.45) is 2.07. The van der Waals surface area contributed by atoms with Gasteiger partial charge < -0.3 is 9.47 Å². The van der Waals surface area contributed by atoms with Crippen LogP contribution in [0.25, 0.3) is 22.1 Å². The monoisotopic (exact) mass is 394 g/mol. The van der Waals surface area contributed by atoms with Crippen LogP contribution in [0.1, 0.15) is 24.5 Å². The van der Waals surface area contributed by atoms with Gasteiger partial charge in [-0.1, -0.05) is 36.5 Å². The number of para-hydroxylation sites is 1. The molecular weight excluding hydrogens is 376 g/mol. The number of carbonyl (C=O) groups is 1. The van der Waals surface area contributed by atoms with Gasteiger partial charge in [-0.2, -0.15) is 0 Å². The van der Waals surface area contributed by atoms with E-state index in [1.807, 2.05) is 25.1 Å². The minimum atomic E-state index is -0.335. The predicted octanol–water partition coefficient (Wildman–Crippen LogP) is 3.09. The second kappa shape index (κ2) is 7.09. The lowest BCUT2D eigenvalue weighted by molar-refractivity contribution is -0.134. The van der Waals surface area contributed by atoms with E-state index in [9.17, 15) is 9.59 Å². The molecular formula is C21H18N2O4S. The Bertz CT molecular complexity index is 1320. The van der Waals surface area contributed by atoms with Crippen molar-refractivity contribution in [2.45, 2.75) is 20.3 Å². The molecule has 0 aliphatic carbocycles. The van der Waals surface area contributed by atoms with Gasteiger partial charge >= 0.3 is 5.97 Å². The standard InChI is InChI=1S/C21H18N2O4S/c1-4-18(24)27-15-9-8-13(10-16(15)26-3)11-17-20(25)23-14-7-5-6-12(2)19(14)22-21(23)28-17/h5-11H,4H2,1-3H3. The highest BCUT2D eigenvalue weighted by molar-refractivity contribution is 7.15. The number of benzene rings is 2. The van der Waals surface area contributed by atoms with Crippen LogP contribution in [-0.2, 0) is 4.79 Å². The Labute approximate surface area is 164 Å². The molecule has 0 aliphatic rings. The lowest BCUT2D eigenvalue weighted by atomic mass is 10.2. The van der Waals surface area contributed by atoms with Gasteiger partial charge in [0.2, 0.25) is 0 Å². The highest BCUT2D eigenvalue weighted by atomic mass is 32.1. The van der Waals surface area contributed by atoms with Crippen molar-refractivity contribution in [3.05, 3.63) is 62.4 Å². The average Bonchev–Trinajstić information content (AvgIpc) is 3.20. The molecule has 0 N–H and O–H groups in total. The fraction of sp³-hybridized carbons (Fsp3) is 0.190. The molecule has 0 amide bonds. The summed E-state index contributed by atoms with van der Waals surface area (Å²) >= 11 is 1.34. The minimum Gasteiger partial charge on any atom is -0.493 e. The number of imidazole rings is 1. The van der Waals surface area contributed by atoms with Gasteiger partial charge in [-0.3, -0.25) is 9.59 Å². The topological polar surface area (TPSA) is 69.9 Å². The smallest absolute Gasteiger partial charge is 0.311 e. The summed E-state index contributed by atoms with van der Waals surface area (Å²) in [4.78, 5) is 29.7. The molecule has 0 fully saturated rings. The molecule has 2 aromatic carbocycles. The molecule has 0 unspecified atom stereocenters. The lowest BCUT2D eigenvalue weighted by Crippen LogP contribution is -2.22. The Balaban J connectivity index is 1.82. The Morgan fingerprint density at radius 1 is 1.25 bits per heavy atom. The zero-order valence-corrected chi connectivity index (χ0v) is 16.5. The summed E-state index contributed by atoms with van der Waals surface area (Å²) in [5.41, 5.74) is 3.38. The fourth-order valence-corrected chi connectivity index (χ4v) is 4.01. The van der Waals surface area contributed by atoms with Gasteiger partial charge in [-0.25, -0.2) is 9.38 Å². The summed E-state index contributed by atoms with van der Waals surface area (Å²) in [6.45, 7) is 3.71. The van der Waals surface area contributed by atoms with Crippen molar-refractivity contribution in [1.82, 2.24) is 9.38 Å². The predicted molar refractivity (Wildman–Crippen MR) is 109 cm³/mol. The number of esters is 1. The maximum atomic E-state index is 12.9. The third-order valence-electron chi connectivity index (χ3n) is 4.47. The van der Waals surface area contributed by atoms with Crippen LogP contribution in [0.15, 0.2) is 41.2 Å². The summed E-state index contributed by atoms with van der Waals surface area (Å²) in [7, 11) is 1.51. The number of nitrogens with zero attached hydrogens (tertiary/aromatic N) is 2. The maximum Gasteiger partial charge on any atom is 0.311 e. The molecule has 142 valence electrons. The van der Waals surface area contributed by atoms with Gasteiger partial charge in [0.1, 0.15) is 0 Å². The van der Waals surface area contributed by atoms with Crippen molar-refractivity contribution in [2.24, 2.45) is 0 Å². The third-order valence-corrected chi connectivity index (χ3v) is 5.44. The van der Waals surface area contributed by atoms with Crippen molar-refractivity contribution >= 4 is 39.4 Å². The first-order valence-electron chi connectivity index (χ1n) is 8.83. The molecule has 4 aromatic rings. The van der Waals surface area contributed by atoms with Gasteiger partial charge in [0.05, 0.1) is 22.7 Å². The number of hydrogen-bond acceptors (Lipinski definition) is 6. The average molecular weight is 394 g/mol. The first-order chi connectivity index (χ1) is 13.5. The van der Waals surface area contributed by atoms with Crippen LogP contribution in [-0.4, -0.2) is 22.5 Å². The van der Waals surface area contributed by atoms with E-state index in [0.717, 1.165) is 22.2 Å². The molecule has 2 heterocycles. The number of hydrogen-bond donors (Lipinski definition) is 0. The molecule has 28 heavy (non-hydrogen) atoms. The van der Waals surface area contributed by atoms with Gasteiger partial charge in [0.25, 0.3) is 5.56 Å². The number of aryl methyl sites for hydroxylation is 1. The zero-order valence-electron chi connectivity index (χ0n) is 15.7. The maximum absolute atomic E-state index is 12.9. The van der Waals surface area contributed by atoms with Crippen molar-refractivity contribution in [3.63, 3.8) is 0 Å². The Morgan fingerprint density at radius 2 is 2.07 bits per heavy atom. The molecule has 0 bridgehead atoms. The summed E-state index contributed by atoms with van der Waals surface area (Å²) in [6, 6.07) is 11.0. The molecule has 4 rings (SSSR count). The second-order valence-electron chi connectivity index (χ2n) is 6.33. The SMILES string of the molecule is CCC(=O)Oc1ccc(C=c2sc3nc4c(C)cccc4n3c2=O)cc1OC. The highest BCUT2D eigenvalue weighted by Gasteiger charge is 2.13. The van der Waals surface area contributed by atoms with Crippen LogP contribution in [0.3, 0.4) is 0 Å². The van der Waals surface area contributed by atoms with E-state index in [4.69, 9.17) is 9.47 Å². The Hall–Kier alpha value is -3.19. The van der Waals surface area contributed by atoms with E-state index >= 15 is 0 Å². The van der Waals surface area contributed by atoms with Crippen molar-refractivity contribution in [2.75, 3.05) is 7.11 Å². The van der Waals surface area contributed by atoms with Gasteiger partial charge in [0, 0.05) is 6.42 Å². The number of fused-ring (bicyclic) bond motifs is 3. The summed E-state index contributed by atoms with van der Waals surface area (Å²) in [5, 5.41) is 0. The molecule has 0 saturated heterocycles. The van der Waals surface area contributed by atoms with Crippen LogP contribution in [0, 0.1) is 6.92 Å². The van der Waals surface area contributed by atoms with E-state index in [1.165, 1.54) is 18.4 Å². The first kappa shape index (κ1) is 18.2. The number of carbonyl (C=O) groups excluding carboxylic acids is 1. The van der Waals surface area contributed by atoms with Crippen molar-refractivity contribution < 1.29 is 14.3 Å². The Kier molecular flexibility index (Phi) is 4.60. The quantitative estimate of drug-likeness (QED) is 0.393. The van der Waals surface area contributed by atoms with Crippen LogP contribution in [0.2, 0.25) is 0 Å². The van der Waals surface area contributed by atoms with Crippen LogP contribution < -0.4 is 19.6 Å². The van der Waals surface area contributed by atoms with Crippen LogP contribution >= 0.6 is 11.3 Å². The lowest BCUT2D eigenvalue weighted by Gasteiger charge is -2.09. The third kappa shape index (κ3) is 3.03. The molecule has 0 spiro atoms. The van der Waals surface area contributed by atoms with Gasteiger partial charge in [-0.05, 0) is 42.3 Å². The molecule has 0 aliphatic heterocycles. The number of methoxy groups -OCH3 is 1. The van der Waals surface area contributed by atoms with E-state index in [0.29, 0.717) is 21.0 Å². The largest absolute Gasteiger partial charge is 0.493 e. The molecule has 6 nitrogen and oxygen atoms in total.